The van der Waals surface area contributed by atoms with Gasteiger partial charge in [-0.15, -0.1) is 0 Å². The van der Waals surface area contributed by atoms with E-state index < -0.39 is 6.10 Å². The average Bonchev–Trinajstić information content (AvgIpc) is 2.95. The lowest BCUT2D eigenvalue weighted by Crippen LogP contribution is -2.21. The van der Waals surface area contributed by atoms with Crippen molar-refractivity contribution in [3.8, 4) is 0 Å². The maximum atomic E-state index is 9.79. The number of nitrogens with zero attached hydrogens (tertiary/aromatic N) is 3. The first-order chi connectivity index (χ1) is 9.19. The Morgan fingerprint density at radius 1 is 1.42 bits per heavy atom. The highest BCUT2D eigenvalue weighted by Gasteiger charge is 2.30. The molecule has 0 amide bonds. The Hall–Kier alpha value is -1.70. The molecule has 1 fully saturated rings. The van der Waals surface area contributed by atoms with Gasteiger partial charge in [0.1, 0.15) is 11.8 Å². The van der Waals surface area contributed by atoms with Crippen LogP contribution in [0.5, 0.6) is 0 Å². The van der Waals surface area contributed by atoms with Gasteiger partial charge in [-0.1, -0.05) is 0 Å². The zero-order valence-corrected chi connectivity index (χ0v) is 10.5. The molecule has 0 spiro atoms. The Kier molecular flexibility index (Phi) is 3.09. The molecule has 0 saturated carbocycles. The first-order valence-electron chi connectivity index (χ1n) is 6.26. The van der Waals surface area contributed by atoms with E-state index in [4.69, 9.17) is 10.8 Å². The van der Waals surface area contributed by atoms with Gasteiger partial charge in [0.15, 0.2) is 5.82 Å². The lowest BCUT2D eigenvalue weighted by atomic mass is 10.1. The summed E-state index contributed by atoms with van der Waals surface area (Å²) in [5.74, 6) is 0.371. The SMILES string of the molecule is Nc1ncnc2c(CN3CC(O)C(CO)C3)c[nH]c12. The minimum Gasteiger partial charge on any atom is -0.396 e. The van der Waals surface area contributed by atoms with E-state index >= 15 is 0 Å². The molecule has 0 aliphatic carbocycles. The number of aliphatic hydroxyl groups excluding tert-OH is 2. The summed E-state index contributed by atoms with van der Waals surface area (Å²) >= 11 is 0. The highest BCUT2D eigenvalue weighted by atomic mass is 16.3. The van der Waals surface area contributed by atoms with Crippen molar-refractivity contribution in [1.82, 2.24) is 19.9 Å². The second-order valence-corrected chi connectivity index (χ2v) is 5.00. The number of fused-ring (bicyclic) bond motifs is 1. The van der Waals surface area contributed by atoms with Gasteiger partial charge in [-0.25, -0.2) is 9.97 Å². The van der Waals surface area contributed by atoms with Gasteiger partial charge >= 0.3 is 0 Å². The highest BCUT2D eigenvalue weighted by Crippen LogP contribution is 2.23. The molecular weight excluding hydrogens is 246 g/mol. The summed E-state index contributed by atoms with van der Waals surface area (Å²) in [5.41, 5.74) is 8.36. The predicted octanol–water partition coefficient (Wildman–Crippen LogP) is -0.675. The molecular formula is C12H17N5O2. The largest absolute Gasteiger partial charge is 0.396 e. The van der Waals surface area contributed by atoms with Gasteiger partial charge in [-0.2, -0.15) is 0 Å². The van der Waals surface area contributed by atoms with Crippen LogP contribution in [0.15, 0.2) is 12.5 Å². The number of nitrogens with one attached hydrogen (secondary N) is 1. The van der Waals surface area contributed by atoms with E-state index in [-0.39, 0.29) is 12.5 Å². The van der Waals surface area contributed by atoms with E-state index in [0.717, 1.165) is 16.6 Å². The molecule has 19 heavy (non-hydrogen) atoms. The molecule has 2 unspecified atom stereocenters. The van der Waals surface area contributed by atoms with E-state index in [2.05, 4.69) is 19.9 Å². The Labute approximate surface area is 110 Å². The van der Waals surface area contributed by atoms with Crippen LogP contribution in [0.1, 0.15) is 5.56 Å². The van der Waals surface area contributed by atoms with Gasteiger partial charge in [0.2, 0.25) is 0 Å². The number of aromatic nitrogens is 3. The maximum absolute atomic E-state index is 9.79. The number of hydrogen-bond donors (Lipinski definition) is 4. The van der Waals surface area contributed by atoms with Crippen LogP contribution in [-0.4, -0.2) is 55.9 Å². The summed E-state index contributed by atoms with van der Waals surface area (Å²) in [6, 6.07) is 0. The van der Waals surface area contributed by atoms with Crippen LogP contribution in [0.4, 0.5) is 5.82 Å². The molecule has 5 N–H and O–H groups in total. The molecule has 0 aromatic carbocycles. The summed E-state index contributed by atoms with van der Waals surface area (Å²) in [4.78, 5) is 13.4. The highest BCUT2D eigenvalue weighted by molar-refractivity contribution is 5.86. The van der Waals surface area contributed by atoms with Crippen LogP contribution in [0.25, 0.3) is 11.0 Å². The molecule has 1 aliphatic heterocycles. The molecule has 1 aliphatic rings. The molecule has 102 valence electrons. The quantitative estimate of drug-likeness (QED) is 0.584. The topological polar surface area (TPSA) is 111 Å². The number of aromatic amines is 1. The standard InChI is InChI=1S/C12H17N5O2/c13-12-11-10(15-6-16-12)7(1-14-11)2-17-3-8(5-18)9(19)4-17/h1,6,8-9,14,18-19H,2-5H2,(H2,13,15,16). The molecule has 2 atom stereocenters. The lowest BCUT2D eigenvalue weighted by Gasteiger charge is -2.14. The van der Waals surface area contributed by atoms with Crippen LogP contribution in [-0.2, 0) is 6.54 Å². The predicted molar refractivity (Wildman–Crippen MR) is 70.2 cm³/mol. The Morgan fingerprint density at radius 2 is 2.26 bits per heavy atom. The van der Waals surface area contributed by atoms with E-state index in [1.165, 1.54) is 6.33 Å². The molecule has 0 bridgehead atoms. The number of H-pyrrole nitrogens is 1. The monoisotopic (exact) mass is 263 g/mol. The molecule has 3 rings (SSSR count). The number of likely N-dealkylation sites (tertiary alicyclic amines) is 1. The second kappa shape index (κ2) is 4.76. The second-order valence-electron chi connectivity index (χ2n) is 5.00. The van der Waals surface area contributed by atoms with Gasteiger partial charge in [-0.05, 0) is 0 Å². The van der Waals surface area contributed by atoms with Crippen LogP contribution >= 0.6 is 0 Å². The number of anilines is 1. The third-order valence-corrected chi connectivity index (χ3v) is 3.68. The third kappa shape index (κ3) is 2.16. The molecule has 7 heteroatoms. The summed E-state index contributed by atoms with van der Waals surface area (Å²) in [6.07, 6.45) is 2.86. The first-order valence-corrected chi connectivity index (χ1v) is 6.26. The zero-order chi connectivity index (χ0) is 13.4. The van der Waals surface area contributed by atoms with Crippen molar-refractivity contribution in [3.63, 3.8) is 0 Å². The van der Waals surface area contributed by atoms with Crippen molar-refractivity contribution < 1.29 is 10.2 Å². The number of nitrogens with two attached hydrogens (primary N) is 1. The van der Waals surface area contributed by atoms with E-state index in [9.17, 15) is 5.11 Å². The third-order valence-electron chi connectivity index (χ3n) is 3.68. The van der Waals surface area contributed by atoms with E-state index in [0.29, 0.717) is 25.5 Å². The summed E-state index contributed by atoms with van der Waals surface area (Å²) in [6.45, 7) is 1.94. The molecule has 7 nitrogen and oxygen atoms in total. The van der Waals surface area contributed by atoms with E-state index in [1.807, 2.05) is 6.20 Å². The first kappa shape index (κ1) is 12.3. The smallest absolute Gasteiger partial charge is 0.151 e. The van der Waals surface area contributed by atoms with Crippen molar-refractivity contribution in [1.29, 1.82) is 0 Å². The van der Waals surface area contributed by atoms with Gasteiger partial charge in [0, 0.05) is 43.9 Å². The minimum absolute atomic E-state index is 0.0146. The number of hydrogen-bond acceptors (Lipinski definition) is 6. The van der Waals surface area contributed by atoms with Crippen LogP contribution in [0.2, 0.25) is 0 Å². The molecule has 1 saturated heterocycles. The average molecular weight is 263 g/mol. The summed E-state index contributed by atoms with van der Waals surface area (Å²) in [5, 5.41) is 18.9. The Balaban J connectivity index is 1.81. The molecule has 0 radical (unpaired) electrons. The fourth-order valence-electron chi connectivity index (χ4n) is 2.62. The zero-order valence-electron chi connectivity index (χ0n) is 10.5. The minimum atomic E-state index is -0.463. The van der Waals surface area contributed by atoms with Crippen LogP contribution < -0.4 is 5.73 Å². The van der Waals surface area contributed by atoms with Crippen molar-refractivity contribution in [2.24, 2.45) is 5.92 Å². The maximum Gasteiger partial charge on any atom is 0.151 e. The Bertz CT molecular complexity index is 585. The van der Waals surface area contributed by atoms with Gasteiger partial charge in [0.25, 0.3) is 0 Å². The number of nitrogen functional groups attached to an aromatic ring is 1. The van der Waals surface area contributed by atoms with Gasteiger partial charge in [-0.3, -0.25) is 4.90 Å². The lowest BCUT2D eigenvalue weighted by molar-refractivity contribution is 0.103. The van der Waals surface area contributed by atoms with Gasteiger partial charge in [0.05, 0.1) is 11.6 Å². The Morgan fingerprint density at radius 3 is 3.00 bits per heavy atom. The summed E-state index contributed by atoms with van der Waals surface area (Å²) < 4.78 is 0. The molecule has 2 aromatic heterocycles. The van der Waals surface area contributed by atoms with Crippen molar-refractivity contribution in [2.45, 2.75) is 12.6 Å². The van der Waals surface area contributed by atoms with Crippen LogP contribution in [0, 0.1) is 5.92 Å². The van der Waals surface area contributed by atoms with E-state index in [1.54, 1.807) is 0 Å². The van der Waals surface area contributed by atoms with Gasteiger partial charge < -0.3 is 20.9 Å². The van der Waals surface area contributed by atoms with Crippen LogP contribution in [0.3, 0.4) is 0 Å². The normalized spacial score (nSPS) is 24.3. The van der Waals surface area contributed by atoms with Crippen molar-refractivity contribution in [3.05, 3.63) is 18.1 Å². The molecule has 2 aromatic rings. The van der Waals surface area contributed by atoms with Crippen molar-refractivity contribution in [2.75, 3.05) is 25.4 Å². The molecule has 3 heterocycles. The number of β-amino-alcohol motifs (C(OH)–C–C–N with tert-alkyl or cyclic N) is 1. The summed E-state index contributed by atoms with van der Waals surface area (Å²) in [7, 11) is 0. The number of aliphatic hydroxyl groups is 2. The fraction of sp³-hybridized carbons (Fsp3) is 0.500. The number of rotatable bonds is 3. The fourth-order valence-corrected chi connectivity index (χ4v) is 2.62. The van der Waals surface area contributed by atoms with Crippen molar-refractivity contribution >= 4 is 16.9 Å².